The summed E-state index contributed by atoms with van der Waals surface area (Å²) in [6.45, 7) is 0. The van der Waals surface area contributed by atoms with Gasteiger partial charge >= 0.3 is 0 Å². The first kappa shape index (κ1) is 35.3. The smallest absolute Gasteiger partial charge is 0.230 e. The van der Waals surface area contributed by atoms with E-state index in [0.717, 1.165) is 51.1 Å². The maximum atomic E-state index is 6.36. The molecule has 286 valence electrons. The Morgan fingerprint density at radius 3 is 1.74 bits per heavy atom. The van der Waals surface area contributed by atoms with Crippen LogP contribution in [0.15, 0.2) is 211 Å². The summed E-state index contributed by atoms with van der Waals surface area (Å²) in [6, 6.07) is 72.7. The standard InChI is InChI=1S/C58H39NOSi/c1-4-18-40(19-5-1)41-32-34-55-52(38-41)48-26-14-16-30-54(48)59(55)58-50-28-12-10-24-45(50)47(46-25-11-13-29-51(46)58)36-37-61(42-20-6-2-7-21-42,43-22-8-3-9-23-43)44-33-35-57-53(39-44)49-27-15-17-31-56(49)60-57/h1-15,17-29,31-35,38-39H,16,30H2. The topological polar surface area (TPSA) is 18.1 Å². The number of aromatic nitrogens is 1. The molecule has 0 amide bonds. The van der Waals surface area contributed by atoms with Crippen LogP contribution in [-0.2, 0) is 6.42 Å². The summed E-state index contributed by atoms with van der Waals surface area (Å²) < 4.78 is 8.93. The van der Waals surface area contributed by atoms with Crippen molar-refractivity contribution in [3.05, 3.63) is 223 Å². The number of allylic oxidation sites excluding steroid dienone is 1. The van der Waals surface area contributed by atoms with Gasteiger partial charge in [0.05, 0.1) is 11.2 Å². The Bertz CT molecular complexity index is 3490. The van der Waals surface area contributed by atoms with E-state index in [-0.39, 0.29) is 0 Å². The molecule has 0 atom stereocenters. The molecule has 0 unspecified atom stereocenters. The van der Waals surface area contributed by atoms with Crippen molar-refractivity contribution in [3.63, 3.8) is 0 Å². The lowest BCUT2D eigenvalue weighted by atomic mass is 9.94. The lowest BCUT2D eigenvalue weighted by Crippen LogP contribution is -2.66. The lowest BCUT2D eigenvalue weighted by Gasteiger charge is -2.28. The summed E-state index contributed by atoms with van der Waals surface area (Å²) in [4.78, 5) is 0. The molecule has 0 radical (unpaired) electrons. The fourth-order valence-corrected chi connectivity index (χ4v) is 13.8. The largest absolute Gasteiger partial charge is 0.456 e. The van der Waals surface area contributed by atoms with E-state index in [4.69, 9.17) is 4.42 Å². The van der Waals surface area contributed by atoms with Crippen molar-refractivity contribution < 1.29 is 4.42 Å². The molecule has 61 heavy (non-hydrogen) atoms. The Kier molecular flexibility index (Phi) is 8.26. The molecule has 2 nitrogen and oxygen atoms in total. The van der Waals surface area contributed by atoms with Crippen molar-refractivity contribution in [2.45, 2.75) is 12.8 Å². The molecule has 0 bridgehead atoms. The molecule has 0 N–H and O–H groups in total. The fraction of sp³-hybridized carbons (Fsp3) is 0.0345. The zero-order valence-corrected chi connectivity index (χ0v) is 34.5. The van der Waals surface area contributed by atoms with Crippen LogP contribution < -0.4 is 15.6 Å². The quantitative estimate of drug-likeness (QED) is 0.0735. The second kappa shape index (κ2) is 14.3. The molecule has 9 aromatic carbocycles. The summed E-state index contributed by atoms with van der Waals surface area (Å²) in [7, 11) is -3.03. The zero-order chi connectivity index (χ0) is 40.3. The number of para-hydroxylation sites is 1. The van der Waals surface area contributed by atoms with Crippen LogP contribution in [-0.4, -0.2) is 12.6 Å². The summed E-state index contributed by atoms with van der Waals surface area (Å²) >= 11 is 0. The van der Waals surface area contributed by atoms with Crippen molar-refractivity contribution in [1.29, 1.82) is 0 Å². The van der Waals surface area contributed by atoms with Crippen LogP contribution >= 0.6 is 0 Å². The second-order valence-electron chi connectivity index (χ2n) is 16.1. The van der Waals surface area contributed by atoms with E-state index in [0.29, 0.717) is 0 Å². The third-order valence-electron chi connectivity index (χ3n) is 12.8. The van der Waals surface area contributed by atoms with Gasteiger partial charge in [-0.3, -0.25) is 0 Å². The van der Waals surface area contributed by atoms with Crippen molar-refractivity contribution in [1.82, 2.24) is 4.57 Å². The Hall–Kier alpha value is -7.64. The van der Waals surface area contributed by atoms with E-state index in [2.05, 4.69) is 222 Å². The molecule has 1 aliphatic rings. The highest BCUT2D eigenvalue weighted by Gasteiger charge is 2.39. The van der Waals surface area contributed by atoms with E-state index >= 15 is 0 Å². The molecular formula is C58H39NOSi. The van der Waals surface area contributed by atoms with Crippen molar-refractivity contribution in [3.8, 4) is 28.3 Å². The maximum Gasteiger partial charge on any atom is 0.230 e. The summed E-state index contributed by atoms with van der Waals surface area (Å²) in [5, 5.41) is 12.0. The zero-order valence-electron chi connectivity index (χ0n) is 33.5. The van der Waals surface area contributed by atoms with Gasteiger partial charge in [-0.2, -0.15) is 0 Å². The van der Waals surface area contributed by atoms with E-state index in [1.807, 2.05) is 6.07 Å². The number of fused-ring (bicyclic) bond motifs is 8. The summed E-state index contributed by atoms with van der Waals surface area (Å²) in [5.74, 6) is 4.01. The summed E-state index contributed by atoms with van der Waals surface area (Å²) in [6.07, 6.45) is 6.67. The van der Waals surface area contributed by atoms with Crippen LogP contribution in [0, 0.1) is 11.5 Å². The predicted molar refractivity (Wildman–Crippen MR) is 259 cm³/mol. The van der Waals surface area contributed by atoms with Gasteiger partial charge in [0.2, 0.25) is 8.07 Å². The summed E-state index contributed by atoms with van der Waals surface area (Å²) in [5.41, 5.74) is 14.6. The monoisotopic (exact) mass is 793 g/mol. The molecule has 11 aromatic rings. The highest BCUT2D eigenvalue weighted by molar-refractivity contribution is 7.17. The molecular weight excluding hydrogens is 755 g/mol. The second-order valence-corrected chi connectivity index (χ2v) is 19.6. The number of hydrogen-bond donors (Lipinski definition) is 0. The average Bonchev–Trinajstić information content (AvgIpc) is 3.87. The van der Waals surface area contributed by atoms with Gasteiger partial charge in [0, 0.05) is 54.5 Å². The van der Waals surface area contributed by atoms with Crippen LogP contribution in [0.5, 0.6) is 0 Å². The van der Waals surface area contributed by atoms with Crippen molar-refractivity contribution >= 4 is 84.1 Å². The van der Waals surface area contributed by atoms with Crippen LogP contribution in [0.2, 0.25) is 0 Å². The first-order chi connectivity index (χ1) is 30.3. The van der Waals surface area contributed by atoms with Crippen LogP contribution in [0.1, 0.15) is 23.2 Å². The molecule has 2 aromatic heterocycles. The number of benzene rings is 9. The Morgan fingerprint density at radius 1 is 0.459 bits per heavy atom. The van der Waals surface area contributed by atoms with E-state index in [9.17, 15) is 0 Å². The fourth-order valence-electron chi connectivity index (χ4n) is 9.98. The number of nitrogens with zero attached hydrogens (tertiary/aromatic N) is 1. The van der Waals surface area contributed by atoms with E-state index in [1.54, 1.807) is 0 Å². The average molecular weight is 794 g/mol. The van der Waals surface area contributed by atoms with Gasteiger partial charge in [0.25, 0.3) is 0 Å². The highest BCUT2D eigenvalue weighted by Crippen LogP contribution is 2.42. The Morgan fingerprint density at radius 2 is 1.05 bits per heavy atom. The molecule has 1 aliphatic carbocycles. The van der Waals surface area contributed by atoms with Gasteiger partial charge in [-0.15, -0.1) is 5.54 Å². The molecule has 12 rings (SSSR count). The molecule has 0 aliphatic heterocycles. The SMILES string of the molecule is C(#C[Si](c1ccccc1)(c1ccccc1)c1ccc2oc3ccccc3c2c1)c1c2ccccc2c(-n2c3c(c4cc(-c5ccccc5)ccc42)C=CCC3)c2ccccc12. The molecule has 0 saturated heterocycles. The Balaban J connectivity index is 1.15. The van der Waals surface area contributed by atoms with Crippen LogP contribution in [0.25, 0.3) is 77.3 Å². The number of furan rings is 1. The first-order valence-electron chi connectivity index (χ1n) is 21.2. The minimum atomic E-state index is -3.03. The third-order valence-corrected chi connectivity index (χ3v) is 16.8. The van der Waals surface area contributed by atoms with Gasteiger partial charge in [-0.25, -0.2) is 0 Å². The Labute approximate surface area is 355 Å². The van der Waals surface area contributed by atoms with E-state index < -0.39 is 8.07 Å². The predicted octanol–water partition coefficient (Wildman–Crippen LogP) is 12.5. The first-order valence-corrected chi connectivity index (χ1v) is 23.2. The van der Waals surface area contributed by atoms with Crippen molar-refractivity contribution in [2.24, 2.45) is 0 Å². The minimum absolute atomic E-state index is 0.890. The van der Waals surface area contributed by atoms with Crippen molar-refractivity contribution in [2.75, 3.05) is 0 Å². The lowest BCUT2D eigenvalue weighted by molar-refractivity contribution is 0.669. The minimum Gasteiger partial charge on any atom is -0.456 e. The molecule has 3 heteroatoms. The van der Waals surface area contributed by atoms with Crippen LogP contribution in [0.4, 0.5) is 0 Å². The van der Waals surface area contributed by atoms with Gasteiger partial charge in [-0.1, -0.05) is 188 Å². The molecule has 2 heterocycles. The number of rotatable bonds is 5. The number of hydrogen-bond acceptors (Lipinski definition) is 1. The normalized spacial score (nSPS) is 12.6. The van der Waals surface area contributed by atoms with Gasteiger partial charge < -0.3 is 8.98 Å². The van der Waals surface area contributed by atoms with Gasteiger partial charge in [-0.05, 0) is 69.9 Å². The molecule has 0 fully saturated rings. The van der Waals surface area contributed by atoms with Gasteiger partial charge in [0.1, 0.15) is 11.2 Å². The van der Waals surface area contributed by atoms with E-state index in [1.165, 1.54) is 65.3 Å². The third kappa shape index (κ3) is 5.57. The molecule has 0 spiro atoms. The molecule has 0 saturated carbocycles. The highest BCUT2D eigenvalue weighted by atomic mass is 28.3. The van der Waals surface area contributed by atoms with Crippen LogP contribution in [0.3, 0.4) is 0 Å². The maximum absolute atomic E-state index is 6.36. The van der Waals surface area contributed by atoms with Gasteiger partial charge in [0.15, 0.2) is 0 Å².